The highest BCUT2D eigenvalue weighted by Crippen LogP contribution is 2.26. The van der Waals surface area contributed by atoms with Gasteiger partial charge in [0, 0.05) is 11.1 Å². The van der Waals surface area contributed by atoms with E-state index < -0.39 is 0 Å². The molecule has 18 heavy (non-hydrogen) atoms. The summed E-state index contributed by atoms with van der Waals surface area (Å²) in [7, 11) is 0. The maximum absolute atomic E-state index is 11.8. The van der Waals surface area contributed by atoms with E-state index in [-0.39, 0.29) is 5.97 Å². The van der Waals surface area contributed by atoms with Crippen LogP contribution < -0.4 is 0 Å². The van der Waals surface area contributed by atoms with Crippen LogP contribution in [0, 0.1) is 13.8 Å². The lowest BCUT2D eigenvalue weighted by molar-refractivity contribution is 0.0525. The minimum atomic E-state index is -0.323. The normalized spacial score (nSPS) is 10.7. The van der Waals surface area contributed by atoms with E-state index in [0.717, 1.165) is 16.6 Å². The maximum atomic E-state index is 11.8. The number of hydrogen-bond donors (Lipinski definition) is 0. The molecule has 0 aliphatic rings. The Morgan fingerprint density at radius 3 is 2.72 bits per heavy atom. The van der Waals surface area contributed by atoms with Crippen LogP contribution in [-0.4, -0.2) is 17.6 Å². The van der Waals surface area contributed by atoms with Gasteiger partial charge in [0.15, 0.2) is 0 Å². The molecule has 0 amide bonds. The first-order valence-corrected chi connectivity index (χ1v) is 6.15. The largest absolute Gasteiger partial charge is 0.462 e. The monoisotopic (exact) mass is 263 g/mol. The molecule has 0 bridgehead atoms. The summed E-state index contributed by atoms with van der Waals surface area (Å²) in [6.45, 7) is 5.88. The Kier molecular flexibility index (Phi) is 3.53. The Labute approximate surface area is 111 Å². The van der Waals surface area contributed by atoms with Crippen LogP contribution in [0.5, 0.6) is 0 Å². The summed E-state index contributed by atoms with van der Waals surface area (Å²) in [4.78, 5) is 16.2. The summed E-state index contributed by atoms with van der Waals surface area (Å²) >= 11 is 6.17. The second-order valence-corrected chi connectivity index (χ2v) is 4.56. The predicted octanol–water partition coefficient (Wildman–Crippen LogP) is 3.68. The first-order chi connectivity index (χ1) is 8.52. The molecule has 1 heterocycles. The topological polar surface area (TPSA) is 39.2 Å². The quantitative estimate of drug-likeness (QED) is 0.776. The summed E-state index contributed by atoms with van der Waals surface area (Å²) in [5.74, 6) is -0.323. The minimum absolute atomic E-state index is 0.323. The van der Waals surface area contributed by atoms with Crippen LogP contribution in [0.3, 0.4) is 0 Å². The Morgan fingerprint density at radius 1 is 1.33 bits per heavy atom. The van der Waals surface area contributed by atoms with E-state index >= 15 is 0 Å². The summed E-state index contributed by atoms with van der Waals surface area (Å²) in [5, 5.41) is 1.50. The van der Waals surface area contributed by atoms with E-state index in [9.17, 15) is 4.79 Å². The van der Waals surface area contributed by atoms with Gasteiger partial charge in [-0.25, -0.2) is 4.79 Å². The molecular weight excluding hydrogens is 250 g/mol. The van der Waals surface area contributed by atoms with Gasteiger partial charge < -0.3 is 4.74 Å². The number of ether oxygens (including phenoxy) is 1. The molecule has 4 heteroatoms. The van der Waals surface area contributed by atoms with E-state index in [0.29, 0.717) is 22.7 Å². The number of fused-ring (bicyclic) bond motifs is 1. The van der Waals surface area contributed by atoms with Gasteiger partial charge in [0.1, 0.15) is 0 Å². The van der Waals surface area contributed by atoms with Gasteiger partial charge in [-0.3, -0.25) is 4.98 Å². The molecule has 3 nitrogen and oxygen atoms in total. The number of halogens is 1. The van der Waals surface area contributed by atoms with Gasteiger partial charge in [-0.15, -0.1) is 0 Å². The van der Waals surface area contributed by atoms with E-state index in [1.807, 2.05) is 26.0 Å². The van der Waals surface area contributed by atoms with Crippen molar-refractivity contribution in [2.24, 2.45) is 0 Å². The lowest BCUT2D eigenvalue weighted by Crippen LogP contribution is -2.07. The van der Waals surface area contributed by atoms with E-state index in [4.69, 9.17) is 16.3 Å². The highest BCUT2D eigenvalue weighted by Gasteiger charge is 2.13. The molecule has 2 aromatic rings. The number of nitrogens with zero attached hydrogens (tertiary/aromatic N) is 1. The van der Waals surface area contributed by atoms with Crippen molar-refractivity contribution >= 4 is 28.5 Å². The molecule has 0 saturated carbocycles. The fraction of sp³-hybridized carbons (Fsp3) is 0.286. The van der Waals surface area contributed by atoms with Crippen LogP contribution in [0.15, 0.2) is 18.2 Å². The summed E-state index contributed by atoms with van der Waals surface area (Å²) in [5.41, 5.74) is 2.92. The second-order valence-electron chi connectivity index (χ2n) is 4.15. The molecule has 0 aliphatic carbocycles. The fourth-order valence-electron chi connectivity index (χ4n) is 1.89. The highest BCUT2D eigenvalue weighted by atomic mass is 35.5. The zero-order chi connectivity index (χ0) is 13.3. The molecular formula is C14H14ClNO2. The van der Waals surface area contributed by atoms with E-state index in [2.05, 4.69) is 4.98 Å². The molecule has 0 spiro atoms. The van der Waals surface area contributed by atoms with Crippen LogP contribution in [0.1, 0.15) is 28.5 Å². The number of esters is 1. The number of aromatic nitrogens is 1. The van der Waals surface area contributed by atoms with Gasteiger partial charge in [0.05, 0.1) is 22.7 Å². The van der Waals surface area contributed by atoms with Gasteiger partial charge >= 0.3 is 5.97 Å². The third-order valence-electron chi connectivity index (χ3n) is 2.73. The van der Waals surface area contributed by atoms with Gasteiger partial charge in [-0.05, 0) is 44.5 Å². The SMILES string of the molecule is CCOC(=O)c1cc2nc(C)cc(Cl)c2cc1C. The second kappa shape index (κ2) is 4.94. The minimum Gasteiger partial charge on any atom is -0.462 e. The molecule has 2 rings (SSSR count). The Bertz CT molecular complexity index is 623. The van der Waals surface area contributed by atoms with Gasteiger partial charge in [0.2, 0.25) is 0 Å². The van der Waals surface area contributed by atoms with E-state index in [1.54, 1.807) is 13.0 Å². The fourth-order valence-corrected chi connectivity index (χ4v) is 2.20. The van der Waals surface area contributed by atoms with Crippen LogP contribution in [0.4, 0.5) is 0 Å². The van der Waals surface area contributed by atoms with Crippen molar-refractivity contribution in [3.8, 4) is 0 Å². The van der Waals surface area contributed by atoms with Crippen LogP contribution in [-0.2, 0) is 4.74 Å². The number of benzene rings is 1. The number of hydrogen-bond acceptors (Lipinski definition) is 3. The molecule has 0 N–H and O–H groups in total. The lowest BCUT2D eigenvalue weighted by atomic mass is 10.0. The van der Waals surface area contributed by atoms with Crippen LogP contribution >= 0.6 is 11.6 Å². The van der Waals surface area contributed by atoms with E-state index in [1.165, 1.54) is 0 Å². The molecule has 0 unspecified atom stereocenters. The average molecular weight is 264 g/mol. The Morgan fingerprint density at radius 2 is 2.06 bits per heavy atom. The standard InChI is InChI=1S/C14H14ClNO2/c1-4-18-14(17)10-7-13-11(5-8(10)2)12(15)6-9(3)16-13/h5-7H,4H2,1-3H3. The summed E-state index contributed by atoms with van der Waals surface area (Å²) in [6, 6.07) is 5.42. The first-order valence-electron chi connectivity index (χ1n) is 5.77. The highest BCUT2D eigenvalue weighted by molar-refractivity contribution is 6.35. The number of rotatable bonds is 2. The Balaban J connectivity index is 2.64. The third-order valence-corrected chi connectivity index (χ3v) is 3.04. The molecule has 0 aliphatic heterocycles. The van der Waals surface area contributed by atoms with Crippen molar-refractivity contribution in [3.05, 3.63) is 40.0 Å². The lowest BCUT2D eigenvalue weighted by Gasteiger charge is -2.08. The molecule has 1 aromatic carbocycles. The van der Waals surface area contributed by atoms with Crippen molar-refractivity contribution in [1.82, 2.24) is 4.98 Å². The number of aryl methyl sites for hydroxylation is 2. The molecule has 0 saturated heterocycles. The van der Waals surface area contributed by atoms with Crippen molar-refractivity contribution in [3.63, 3.8) is 0 Å². The number of carbonyl (C=O) groups excluding carboxylic acids is 1. The molecule has 0 radical (unpaired) electrons. The van der Waals surface area contributed by atoms with Gasteiger partial charge in [-0.1, -0.05) is 11.6 Å². The molecule has 94 valence electrons. The molecule has 0 fully saturated rings. The summed E-state index contributed by atoms with van der Waals surface area (Å²) in [6.07, 6.45) is 0. The van der Waals surface area contributed by atoms with Gasteiger partial charge in [-0.2, -0.15) is 0 Å². The third kappa shape index (κ3) is 2.31. The van der Waals surface area contributed by atoms with Gasteiger partial charge in [0.25, 0.3) is 0 Å². The maximum Gasteiger partial charge on any atom is 0.338 e. The zero-order valence-corrected chi connectivity index (χ0v) is 11.3. The number of carbonyl (C=O) groups is 1. The average Bonchev–Trinajstić information content (AvgIpc) is 2.29. The van der Waals surface area contributed by atoms with Crippen molar-refractivity contribution in [2.45, 2.75) is 20.8 Å². The number of pyridine rings is 1. The van der Waals surface area contributed by atoms with Crippen molar-refractivity contribution in [2.75, 3.05) is 6.61 Å². The zero-order valence-electron chi connectivity index (χ0n) is 10.6. The van der Waals surface area contributed by atoms with Crippen LogP contribution in [0.2, 0.25) is 5.02 Å². The molecule has 1 aromatic heterocycles. The molecule has 0 atom stereocenters. The van der Waals surface area contributed by atoms with Crippen molar-refractivity contribution in [1.29, 1.82) is 0 Å². The predicted molar refractivity (Wildman–Crippen MR) is 72.2 cm³/mol. The van der Waals surface area contributed by atoms with Crippen molar-refractivity contribution < 1.29 is 9.53 Å². The Hall–Kier alpha value is -1.61. The van der Waals surface area contributed by atoms with Crippen LogP contribution in [0.25, 0.3) is 10.9 Å². The smallest absolute Gasteiger partial charge is 0.338 e. The first kappa shape index (κ1) is 12.8. The summed E-state index contributed by atoms with van der Waals surface area (Å²) < 4.78 is 5.02.